The van der Waals surface area contributed by atoms with Crippen molar-refractivity contribution in [2.45, 2.75) is 70.3 Å². The molecule has 3 rings (SSSR count). The van der Waals surface area contributed by atoms with Crippen molar-refractivity contribution in [1.29, 1.82) is 0 Å². The summed E-state index contributed by atoms with van der Waals surface area (Å²) in [6, 6.07) is 4.52. The van der Waals surface area contributed by atoms with Gasteiger partial charge in [-0.15, -0.1) is 0 Å². The average Bonchev–Trinajstić information content (AvgIpc) is 2.58. The lowest BCUT2D eigenvalue weighted by molar-refractivity contribution is -0.120. The van der Waals surface area contributed by atoms with E-state index >= 15 is 0 Å². The highest BCUT2D eigenvalue weighted by Crippen LogP contribution is 2.25. The number of hydrogen-bond acceptors (Lipinski definition) is 3. The molecule has 0 bridgehead atoms. The van der Waals surface area contributed by atoms with Crippen molar-refractivity contribution in [3.63, 3.8) is 0 Å². The second-order valence-corrected chi connectivity index (χ2v) is 6.74. The molecule has 4 heteroatoms. The van der Waals surface area contributed by atoms with Crippen LogP contribution in [-0.4, -0.2) is 16.9 Å². The zero-order valence-corrected chi connectivity index (χ0v) is 13.3. The number of amides is 1. The Hall–Kier alpha value is -1.58. The molecule has 1 aromatic rings. The minimum atomic E-state index is 0.139. The normalized spacial score (nSPS) is 20.5. The SMILES string of the molecule is O=C(Nc1ccc(NC2CCCCC2)cn1)C1CCCCC1. The first-order chi connectivity index (χ1) is 10.8. The van der Waals surface area contributed by atoms with Crippen molar-refractivity contribution in [3.8, 4) is 0 Å². The Labute approximate surface area is 133 Å². The van der Waals surface area contributed by atoms with E-state index in [-0.39, 0.29) is 11.8 Å². The Morgan fingerprint density at radius 2 is 1.64 bits per heavy atom. The van der Waals surface area contributed by atoms with Gasteiger partial charge < -0.3 is 10.6 Å². The lowest BCUT2D eigenvalue weighted by Crippen LogP contribution is -2.25. The van der Waals surface area contributed by atoms with Crippen LogP contribution in [0.2, 0.25) is 0 Å². The lowest BCUT2D eigenvalue weighted by Gasteiger charge is -2.24. The first-order valence-electron chi connectivity index (χ1n) is 8.85. The smallest absolute Gasteiger partial charge is 0.228 e. The predicted molar refractivity (Wildman–Crippen MR) is 89.9 cm³/mol. The fourth-order valence-corrected chi connectivity index (χ4v) is 3.63. The number of anilines is 2. The monoisotopic (exact) mass is 301 g/mol. The van der Waals surface area contributed by atoms with Crippen molar-refractivity contribution < 1.29 is 4.79 Å². The second-order valence-electron chi connectivity index (χ2n) is 6.74. The van der Waals surface area contributed by atoms with Crippen LogP contribution < -0.4 is 10.6 Å². The number of nitrogens with zero attached hydrogens (tertiary/aromatic N) is 1. The van der Waals surface area contributed by atoms with Crippen LogP contribution in [-0.2, 0) is 4.79 Å². The van der Waals surface area contributed by atoms with Gasteiger partial charge in [-0.25, -0.2) is 4.98 Å². The Kier molecular flexibility index (Phi) is 5.30. The van der Waals surface area contributed by atoms with Gasteiger partial charge in [0.2, 0.25) is 5.91 Å². The number of nitrogens with one attached hydrogen (secondary N) is 2. The van der Waals surface area contributed by atoms with Gasteiger partial charge in [0, 0.05) is 12.0 Å². The highest BCUT2D eigenvalue weighted by atomic mass is 16.1. The quantitative estimate of drug-likeness (QED) is 0.869. The first kappa shape index (κ1) is 15.3. The summed E-state index contributed by atoms with van der Waals surface area (Å²) in [6.45, 7) is 0. The van der Waals surface area contributed by atoms with Crippen molar-refractivity contribution in [2.75, 3.05) is 10.6 Å². The highest BCUT2D eigenvalue weighted by Gasteiger charge is 2.21. The molecule has 1 amide bonds. The molecule has 2 aliphatic rings. The number of rotatable bonds is 4. The maximum atomic E-state index is 12.2. The van der Waals surface area contributed by atoms with Gasteiger partial charge in [-0.3, -0.25) is 4.79 Å². The minimum Gasteiger partial charge on any atom is -0.381 e. The van der Waals surface area contributed by atoms with E-state index in [2.05, 4.69) is 15.6 Å². The molecule has 0 atom stereocenters. The van der Waals surface area contributed by atoms with Crippen LogP contribution in [0.25, 0.3) is 0 Å². The topological polar surface area (TPSA) is 54.0 Å². The first-order valence-corrected chi connectivity index (χ1v) is 8.85. The molecule has 22 heavy (non-hydrogen) atoms. The molecule has 2 fully saturated rings. The Bertz CT molecular complexity index is 474. The third-order valence-corrected chi connectivity index (χ3v) is 4.97. The molecule has 2 aliphatic carbocycles. The summed E-state index contributed by atoms with van der Waals surface area (Å²) in [6.07, 6.45) is 14.0. The fraction of sp³-hybridized carbons (Fsp3) is 0.667. The van der Waals surface area contributed by atoms with E-state index in [1.807, 2.05) is 18.3 Å². The molecular formula is C18H27N3O. The molecule has 0 radical (unpaired) electrons. The Balaban J connectivity index is 1.51. The molecule has 0 aliphatic heterocycles. The van der Waals surface area contributed by atoms with E-state index in [0.717, 1.165) is 18.5 Å². The number of carbonyl (C=O) groups is 1. The van der Waals surface area contributed by atoms with E-state index in [1.165, 1.54) is 51.4 Å². The minimum absolute atomic E-state index is 0.139. The second kappa shape index (κ2) is 7.61. The Morgan fingerprint density at radius 1 is 0.955 bits per heavy atom. The Morgan fingerprint density at radius 3 is 2.27 bits per heavy atom. The van der Waals surface area contributed by atoms with Gasteiger partial charge in [0.25, 0.3) is 0 Å². The number of aromatic nitrogens is 1. The van der Waals surface area contributed by atoms with Crippen molar-refractivity contribution in [2.24, 2.45) is 5.92 Å². The van der Waals surface area contributed by atoms with Gasteiger partial charge in [-0.05, 0) is 37.8 Å². The molecular weight excluding hydrogens is 274 g/mol. The van der Waals surface area contributed by atoms with Crippen LogP contribution in [0.15, 0.2) is 18.3 Å². The van der Waals surface area contributed by atoms with Gasteiger partial charge in [-0.2, -0.15) is 0 Å². The number of carbonyl (C=O) groups excluding carboxylic acids is 1. The van der Waals surface area contributed by atoms with Crippen LogP contribution in [0.4, 0.5) is 11.5 Å². The molecule has 1 aromatic heterocycles. The molecule has 4 nitrogen and oxygen atoms in total. The zero-order valence-electron chi connectivity index (χ0n) is 13.3. The standard InChI is InChI=1S/C18H27N3O/c22-18(14-7-3-1-4-8-14)21-17-12-11-16(13-19-17)20-15-9-5-2-6-10-15/h11-15,20H,1-10H2,(H,19,21,22). The van der Waals surface area contributed by atoms with E-state index in [0.29, 0.717) is 11.9 Å². The summed E-state index contributed by atoms with van der Waals surface area (Å²) in [5.74, 6) is 0.987. The summed E-state index contributed by atoms with van der Waals surface area (Å²) in [4.78, 5) is 16.6. The zero-order chi connectivity index (χ0) is 15.2. The van der Waals surface area contributed by atoms with Crippen molar-refractivity contribution in [1.82, 2.24) is 4.98 Å². The maximum absolute atomic E-state index is 12.2. The fourth-order valence-electron chi connectivity index (χ4n) is 3.63. The highest BCUT2D eigenvalue weighted by molar-refractivity contribution is 5.91. The van der Waals surface area contributed by atoms with Crippen LogP contribution in [0.3, 0.4) is 0 Å². The van der Waals surface area contributed by atoms with Gasteiger partial charge in [-0.1, -0.05) is 38.5 Å². The number of hydrogen-bond donors (Lipinski definition) is 2. The molecule has 2 N–H and O–H groups in total. The molecule has 0 aromatic carbocycles. The van der Waals surface area contributed by atoms with Crippen LogP contribution >= 0.6 is 0 Å². The van der Waals surface area contributed by atoms with Gasteiger partial charge in [0.1, 0.15) is 5.82 Å². The van der Waals surface area contributed by atoms with Crippen LogP contribution in [0.1, 0.15) is 64.2 Å². The van der Waals surface area contributed by atoms with E-state index in [4.69, 9.17) is 0 Å². The van der Waals surface area contributed by atoms with E-state index in [1.54, 1.807) is 0 Å². The summed E-state index contributed by atoms with van der Waals surface area (Å²) in [5, 5.41) is 6.51. The molecule has 0 saturated heterocycles. The molecule has 1 heterocycles. The number of pyridine rings is 1. The largest absolute Gasteiger partial charge is 0.381 e. The summed E-state index contributed by atoms with van der Waals surface area (Å²) >= 11 is 0. The van der Waals surface area contributed by atoms with E-state index < -0.39 is 0 Å². The predicted octanol–water partition coefficient (Wildman–Crippen LogP) is 4.35. The van der Waals surface area contributed by atoms with Crippen LogP contribution in [0, 0.1) is 5.92 Å². The van der Waals surface area contributed by atoms with Gasteiger partial charge >= 0.3 is 0 Å². The van der Waals surface area contributed by atoms with Crippen LogP contribution in [0.5, 0.6) is 0 Å². The van der Waals surface area contributed by atoms with E-state index in [9.17, 15) is 4.79 Å². The molecule has 0 unspecified atom stereocenters. The third kappa shape index (κ3) is 4.21. The molecule has 120 valence electrons. The summed E-state index contributed by atoms with van der Waals surface area (Å²) < 4.78 is 0. The summed E-state index contributed by atoms with van der Waals surface area (Å²) in [5.41, 5.74) is 1.06. The van der Waals surface area contributed by atoms with Gasteiger partial charge in [0.15, 0.2) is 0 Å². The molecule has 0 spiro atoms. The van der Waals surface area contributed by atoms with Gasteiger partial charge in [0.05, 0.1) is 11.9 Å². The maximum Gasteiger partial charge on any atom is 0.228 e. The summed E-state index contributed by atoms with van der Waals surface area (Å²) in [7, 11) is 0. The van der Waals surface area contributed by atoms with Crippen molar-refractivity contribution >= 4 is 17.4 Å². The molecule has 2 saturated carbocycles. The van der Waals surface area contributed by atoms with Crippen molar-refractivity contribution in [3.05, 3.63) is 18.3 Å². The third-order valence-electron chi connectivity index (χ3n) is 4.97. The lowest BCUT2D eigenvalue weighted by atomic mass is 9.89. The average molecular weight is 301 g/mol.